The highest BCUT2D eigenvalue weighted by Gasteiger charge is 2.08. The molecular weight excluding hydrogens is 312 g/mol. The van der Waals surface area contributed by atoms with E-state index < -0.39 is 0 Å². The molecule has 5 heteroatoms. The molecule has 5 nitrogen and oxygen atoms in total. The Morgan fingerprint density at radius 3 is 2.64 bits per heavy atom. The van der Waals surface area contributed by atoms with Crippen molar-refractivity contribution in [3.63, 3.8) is 0 Å². The molecule has 126 valence electrons. The summed E-state index contributed by atoms with van der Waals surface area (Å²) in [6.07, 6.45) is 3.75. The number of hydrazone groups is 1. The van der Waals surface area contributed by atoms with Gasteiger partial charge in [0.05, 0.1) is 17.1 Å². The van der Waals surface area contributed by atoms with Gasteiger partial charge in [0.1, 0.15) is 0 Å². The van der Waals surface area contributed by atoms with Crippen molar-refractivity contribution in [3.8, 4) is 0 Å². The van der Waals surface area contributed by atoms with E-state index in [-0.39, 0.29) is 5.56 Å². The van der Waals surface area contributed by atoms with Crippen LogP contribution in [0.3, 0.4) is 0 Å². The Balaban J connectivity index is 1.85. The summed E-state index contributed by atoms with van der Waals surface area (Å²) in [5, 5.41) is 4.84. The van der Waals surface area contributed by atoms with Crippen LogP contribution in [0.5, 0.6) is 0 Å². The largest absolute Gasteiger partial charge is 0.277 e. The summed E-state index contributed by atoms with van der Waals surface area (Å²) in [6, 6.07) is 17.4. The molecule has 0 bridgehead atoms. The molecule has 0 amide bonds. The van der Waals surface area contributed by atoms with Gasteiger partial charge >= 0.3 is 0 Å². The fourth-order valence-electron chi connectivity index (χ4n) is 2.59. The number of anilines is 1. The molecular formula is C20H20N4O. The summed E-state index contributed by atoms with van der Waals surface area (Å²) in [5.41, 5.74) is 5.59. The molecule has 3 aromatic rings. The van der Waals surface area contributed by atoms with Gasteiger partial charge in [-0.3, -0.25) is 9.36 Å². The third-order valence-electron chi connectivity index (χ3n) is 3.80. The van der Waals surface area contributed by atoms with Crippen LogP contribution in [0.15, 0.2) is 70.1 Å². The molecule has 1 aromatic heterocycles. The highest BCUT2D eigenvalue weighted by atomic mass is 16.1. The standard InChI is InChI=1S/C20H20N4O/c1-3-24-19(25)17-11-7-8-12-18(17)22-20(24)23-21-14-15(2)13-16-9-5-4-6-10-16/h4-14H,3H2,1-2H3,(H,22,23)/b15-13+,21-14-. The minimum atomic E-state index is -0.0673. The van der Waals surface area contributed by atoms with Gasteiger partial charge in [0.15, 0.2) is 0 Å². The second-order valence-electron chi connectivity index (χ2n) is 5.67. The number of benzene rings is 2. The molecule has 0 atom stereocenters. The van der Waals surface area contributed by atoms with E-state index in [0.717, 1.165) is 11.1 Å². The Bertz CT molecular complexity index is 987. The number of hydrogen-bond donors (Lipinski definition) is 1. The molecule has 0 aliphatic carbocycles. The van der Waals surface area contributed by atoms with Gasteiger partial charge in [-0.2, -0.15) is 5.10 Å². The summed E-state index contributed by atoms with van der Waals surface area (Å²) >= 11 is 0. The normalized spacial score (nSPS) is 12.0. The zero-order valence-corrected chi connectivity index (χ0v) is 14.3. The minimum Gasteiger partial charge on any atom is -0.277 e. The highest BCUT2D eigenvalue weighted by Crippen LogP contribution is 2.11. The predicted molar refractivity (Wildman–Crippen MR) is 104 cm³/mol. The lowest BCUT2D eigenvalue weighted by atomic mass is 10.1. The maximum atomic E-state index is 12.5. The second-order valence-corrected chi connectivity index (χ2v) is 5.67. The van der Waals surface area contributed by atoms with Crippen LogP contribution in [-0.2, 0) is 6.54 Å². The van der Waals surface area contributed by atoms with Crippen LogP contribution < -0.4 is 11.0 Å². The Kier molecular flexibility index (Phi) is 5.04. The Morgan fingerprint density at radius 1 is 1.16 bits per heavy atom. The van der Waals surface area contributed by atoms with Crippen molar-refractivity contribution >= 4 is 29.1 Å². The summed E-state index contributed by atoms with van der Waals surface area (Å²) in [4.78, 5) is 17.0. The van der Waals surface area contributed by atoms with Crippen molar-refractivity contribution in [3.05, 3.63) is 76.1 Å². The van der Waals surface area contributed by atoms with Crippen molar-refractivity contribution in [1.29, 1.82) is 0 Å². The zero-order valence-electron chi connectivity index (χ0n) is 14.3. The number of allylic oxidation sites excluding steroid dienone is 1. The van der Waals surface area contributed by atoms with E-state index >= 15 is 0 Å². The molecule has 0 aliphatic heterocycles. The molecule has 0 saturated carbocycles. The number of hydrogen-bond acceptors (Lipinski definition) is 4. The predicted octanol–water partition coefficient (Wildman–Crippen LogP) is 3.92. The molecule has 0 saturated heterocycles. The van der Waals surface area contributed by atoms with Crippen molar-refractivity contribution in [2.24, 2.45) is 5.10 Å². The molecule has 25 heavy (non-hydrogen) atoms. The number of aromatic nitrogens is 2. The lowest BCUT2D eigenvalue weighted by Crippen LogP contribution is -2.23. The van der Waals surface area contributed by atoms with E-state index in [0.29, 0.717) is 23.4 Å². The quantitative estimate of drug-likeness (QED) is 0.569. The molecule has 1 heterocycles. The first-order valence-electron chi connectivity index (χ1n) is 8.21. The van der Waals surface area contributed by atoms with Gasteiger partial charge in [0.2, 0.25) is 5.95 Å². The molecule has 1 N–H and O–H groups in total. The van der Waals surface area contributed by atoms with Crippen LogP contribution >= 0.6 is 0 Å². The SMILES string of the molecule is CCn1c(N/N=C\C(C)=C\c2ccccc2)nc2ccccc2c1=O. The molecule has 2 aromatic carbocycles. The van der Waals surface area contributed by atoms with Crippen LogP contribution in [-0.4, -0.2) is 15.8 Å². The summed E-state index contributed by atoms with van der Waals surface area (Å²) in [5.74, 6) is 0.440. The number of nitrogens with zero attached hydrogens (tertiary/aromatic N) is 3. The van der Waals surface area contributed by atoms with Gasteiger partial charge < -0.3 is 0 Å². The number of nitrogens with one attached hydrogen (secondary N) is 1. The highest BCUT2D eigenvalue weighted by molar-refractivity contribution is 5.85. The maximum absolute atomic E-state index is 12.5. The molecule has 0 spiro atoms. The zero-order chi connectivity index (χ0) is 17.6. The second kappa shape index (κ2) is 7.57. The summed E-state index contributed by atoms with van der Waals surface area (Å²) < 4.78 is 1.58. The van der Waals surface area contributed by atoms with Crippen molar-refractivity contribution in [2.75, 3.05) is 5.43 Å². The summed E-state index contributed by atoms with van der Waals surface area (Å²) in [6.45, 7) is 4.40. The van der Waals surface area contributed by atoms with E-state index in [9.17, 15) is 4.79 Å². The van der Waals surface area contributed by atoms with Gasteiger partial charge in [0, 0.05) is 6.54 Å². The first-order valence-corrected chi connectivity index (χ1v) is 8.21. The lowest BCUT2D eigenvalue weighted by molar-refractivity contribution is 0.724. The fourth-order valence-corrected chi connectivity index (χ4v) is 2.59. The number of para-hydroxylation sites is 1. The van der Waals surface area contributed by atoms with Crippen LogP contribution in [0.4, 0.5) is 5.95 Å². The number of rotatable bonds is 5. The van der Waals surface area contributed by atoms with Gasteiger partial charge in [-0.1, -0.05) is 48.5 Å². The van der Waals surface area contributed by atoms with E-state index in [1.54, 1.807) is 16.8 Å². The van der Waals surface area contributed by atoms with Crippen LogP contribution in [0.1, 0.15) is 19.4 Å². The van der Waals surface area contributed by atoms with Gasteiger partial charge in [-0.25, -0.2) is 10.4 Å². The first-order chi connectivity index (χ1) is 12.2. The van der Waals surface area contributed by atoms with E-state index in [1.165, 1.54) is 0 Å². The molecule has 0 radical (unpaired) electrons. The Hall–Kier alpha value is -3.21. The third kappa shape index (κ3) is 3.83. The van der Waals surface area contributed by atoms with E-state index in [2.05, 4.69) is 15.5 Å². The average Bonchev–Trinajstić information content (AvgIpc) is 2.63. The Morgan fingerprint density at radius 2 is 1.88 bits per heavy atom. The van der Waals surface area contributed by atoms with Crippen molar-refractivity contribution in [2.45, 2.75) is 20.4 Å². The van der Waals surface area contributed by atoms with Crippen LogP contribution in [0.2, 0.25) is 0 Å². The van der Waals surface area contributed by atoms with Gasteiger partial charge in [-0.15, -0.1) is 0 Å². The fraction of sp³-hybridized carbons (Fsp3) is 0.150. The van der Waals surface area contributed by atoms with Gasteiger partial charge in [-0.05, 0) is 37.1 Å². The lowest BCUT2D eigenvalue weighted by Gasteiger charge is -2.10. The Labute approximate surface area is 146 Å². The average molecular weight is 332 g/mol. The van der Waals surface area contributed by atoms with Crippen molar-refractivity contribution < 1.29 is 0 Å². The monoisotopic (exact) mass is 332 g/mol. The topological polar surface area (TPSA) is 59.3 Å². The van der Waals surface area contributed by atoms with Gasteiger partial charge in [0.25, 0.3) is 5.56 Å². The minimum absolute atomic E-state index is 0.0673. The van der Waals surface area contributed by atoms with Crippen LogP contribution in [0.25, 0.3) is 17.0 Å². The molecule has 3 rings (SSSR count). The van der Waals surface area contributed by atoms with Crippen molar-refractivity contribution in [1.82, 2.24) is 9.55 Å². The van der Waals surface area contributed by atoms with E-state index in [4.69, 9.17) is 0 Å². The number of fused-ring (bicyclic) bond motifs is 1. The smallest absolute Gasteiger partial charge is 0.262 e. The third-order valence-corrected chi connectivity index (χ3v) is 3.80. The molecule has 0 fully saturated rings. The molecule has 0 unspecified atom stereocenters. The maximum Gasteiger partial charge on any atom is 0.262 e. The summed E-state index contributed by atoms with van der Waals surface area (Å²) in [7, 11) is 0. The van der Waals surface area contributed by atoms with Crippen LogP contribution in [0, 0.1) is 0 Å². The van der Waals surface area contributed by atoms with E-state index in [1.807, 2.05) is 68.5 Å². The first kappa shape index (κ1) is 16.6. The molecule has 0 aliphatic rings.